The van der Waals surface area contributed by atoms with Crippen molar-refractivity contribution in [1.29, 1.82) is 0 Å². The van der Waals surface area contributed by atoms with Crippen molar-refractivity contribution < 1.29 is 4.74 Å². The highest BCUT2D eigenvalue weighted by Crippen LogP contribution is 2.14. The van der Waals surface area contributed by atoms with Gasteiger partial charge in [0, 0.05) is 25.7 Å². The van der Waals surface area contributed by atoms with E-state index in [1.165, 1.54) is 6.33 Å². The van der Waals surface area contributed by atoms with Gasteiger partial charge >= 0.3 is 0 Å². The molecule has 2 aromatic rings. The van der Waals surface area contributed by atoms with Crippen LogP contribution in [0.15, 0.2) is 12.4 Å². The van der Waals surface area contributed by atoms with Gasteiger partial charge in [-0.25, -0.2) is 9.50 Å². The standard InChI is InChI=1S/C11H14N5O/c12-11-10-2-1-9(16(10)14-8-13-11)7-15-3-5-17-6-4-15/h2,8H,3-7H2,(H2,12,13,14). The zero-order chi connectivity index (χ0) is 11.7. The van der Waals surface area contributed by atoms with Crippen LogP contribution >= 0.6 is 0 Å². The van der Waals surface area contributed by atoms with Gasteiger partial charge in [0.15, 0.2) is 5.82 Å². The zero-order valence-electron chi connectivity index (χ0n) is 9.46. The highest BCUT2D eigenvalue weighted by atomic mass is 16.5. The number of nitrogens with two attached hydrogens (primary N) is 1. The molecule has 1 aliphatic heterocycles. The third-order valence-electron chi connectivity index (χ3n) is 2.96. The van der Waals surface area contributed by atoms with Gasteiger partial charge in [0.2, 0.25) is 0 Å². The summed E-state index contributed by atoms with van der Waals surface area (Å²) in [6, 6.07) is 5.04. The number of nitrogens with zero attached hydrogens (tertiary/aromatic N) is 4. The van der Waals surface area contributed by atoms with Crippen molar-refractivity contribution in [3.05, 3.63) is 24.2 Å². The lowest BCUT2D eigenvalue weighted by molar-refractivity contribution is 0.0334. The van der Waals surface area contributed by atoms with Crippen molar-refractivity contribution >= 4 is 11.3 Å². The van der Waals surface area contributed by atoms with E-state index in [1.807, 2.05) is 6.07 Å². The number of morpholine rings is 1. The molecule has 0 bridgehead atoms. The summed E-state index contributed by atoms with van der Waals surface area (Å²) in [7, 11) is 0. The predicted molar refractivity (Wildman–Crippen MR) is 62.3 cm³/mol. The maximum atomic E-state index is 5.78. The number of rotatable bonds is 2. The smallest absolute Gasteiger partial charge is 0.151 e. The Labute approximate surface area is 99.0 Å². The molecule has 6 heteroatoms. The topological polar surface area (TPSA) is 68.7 Å². The van der Waals surface area contributed by atoms with E-state index in [1.54, 1.807) is 4.52 Å². The highest BCUT2D eigenvalue weighted by molar-refractivity contribution is 5.64. The van der Waals surface area contributed by atoms with Crippen molar-refractivity contribution in [3.8, 4) is 0 Å². The molecule has 6 nitrogen and oxygen atoms in total. The summed E-state index contributed by atoms with van der Waals surface area (Å²) in [5, 5.41) is 4.20. The van der Waals surface area contributed by atoms with Gasteiger partial charge in [-0.3, -0.25) is 4.90 Å². The summed E-state index contributed by atoms with van der Waals surface area (Å²) in [6.07, 6.45) is 1.47. The first kappa shape index (κ1) is 10.5. The predicted octanol–water partition coefficient (Wildman–Crippen LogP) is -0.0561. The van der Waals surface area contributed by atoms with Crippen molar-refractivity contribution in [1.82, 2.24) is 19.5 Å². The summed E-state index contributed by atoms with van der Waals surface area (Å²) in [5.41, 5.74) is 7.60. The first-order valence-corrected chi connectivity index (χ1v) is 5.63. The molecule has 2 aromatic heterocycles. The van der Waals surface area contributed by atoms with Crippen molar-refractivity contribution in [2.75, 3.05) is 32.0 Å². The summed E-state index contributed by atoms with van der Waals surface area (Å²) >= 11 is 0. The van der Waals surface area contributed by atoms with E-state index in [4.69, 9.17) is 10.5 Å². The Morgan fingerprint density at radius 3 is 3.06 bits per heavy atom. The molecule has 0 atom stereocenters. The minimum Gasteiger partial charge on any atom is -0.382 e. The first-order valence-electron chi connectivity index (χ1n) is 5.63. The molecule has 0 saturated carbocycles. The average molecular weight is 232 g/mol. The van der Waals surface area contributed by atoms with E-state index < -0.39 is 0 Å². The second-order valence-corrected chi connectivity index (χ2v) is 4.07. The molecule has 3 heterocycles. The average Bonchev–Trinajstić information content (AvgIpc) is 2.76. The SMILES string of the molecule is Nc1ncnn2c(CN3CCOCC3)[c]cc12. The van der Waals surface area contributed by atoms with Crippen LogP contribution in [0.5, 0.6) is 0 Å². The molecule has 0 amide bonds. The molecule has 0 unspecified atom stereocenters. The Morgan fingerprint density at radius 2 is 2.24 bits per heavy atom. The van der Waals surface area contributed by atoms with Crippen LogP contribution in [0, 0.1) is 6.07 Å². The Kier molecular flexibility index (Phi) is 2.66. The monoisotopic (exact) mass is 232 g/mol. The molecule has 17 heavy (non-hydrogen) atoms. The molecule has 1 fully saturated rings. The van der Waals surface area contributed by atoms with Gasteiger partial charge in [0.1, 0.15) is 11.8 Å². The Balaban J connectivity index is 1.87. The molecule has 1 saturated heterocycles. The molecule has 1 radical (unpaired) electrons. The van der Waals surface area contributed by atoms with Crippen LogP contribution in [0.2, 0.25) is 0 Å². The largest absolute Gasteiger partial charge is 0.382 e. The Hall–Kier alpha value is -1.66. The van der Waals surface area contributed by atoms with Gasteiger partial charge < -0.3 is 10.5 Å². The van der Waals surface area contributed by atoms with Crippen molar-refractivity contribution in [2.24, 2.45) is 0 Å². The van der Waals surface area contributed by atoms with Crippen LogP contribution in [-0.2, 0) is 11.3 Å². The van der Waals surface area contributed by atoms with Crippen LogP contribution in [0.4, 0.5) is 5.82 Å². The van der Waals surface area contributed by atoms with E-state index in [2.05, 4.69) is 21.0 Å². The van der Waals surface area contributed by atoms with Gasteiger partial charge in [-0.2, -0.15) is 5.10 Å². The van der Waals surface area contributed by atoms with E-state index >= 15 is 0 Å². The van der Waals surface area contributed by atoms with Gasteiger partial charge in [-0.1, -0.05) is 0 Å². The molecule has 0 spiro atoms. The maximum Gasteiger partial charge on any atom is 0.151 e. The molecule has 2 N–H and O–H groups in total. The van der Waals surface area contributed by atoms with Gasteiger partial charge in [-0.05, 0) is 6.07 Å². The zero-order valence-corrected chi connectivity index (χ0v) is 9.46. The first-order chi connectivity index (χ1) is 8.34. The number of hydrogen-bond donors (Lipinski definition) is 1. The minimum absolute atomic E-state index is 0.490. The number of ether oxygens (including phenoxy) is 1. The number of anilines is 1. The van der Waals surface area contributed by atoms with Crippen LogP contribution in [0.1, 0.15) is 5.69 Å². The number of nitrogen functional groups attached to an aromatic ring is 1. The quantitative estimate of drug-likeness (QED) is 0.786. The number of aromatic nitrogens is 3. The van der Waals surface area contributed by atoms with Crippen LogP contribution in [0.3, 0.4) is 0 Å². The van der Waals surface area contributed by atoms with Gasteiger partial charge in [0.05, 0.1) is 18.9 Å². The fraction of sp³-hybridized carbons (Fsp3) is 0.455. The van der Waals surface area contributed by atoms with Gasteiger partial charge in [0.25, 0.3) is 0 Å². The van der Waals surface area contributed by atoms with Gasteiger partial charge in [-0.15, -0.1) is 0 Å². The minimum atomic E-state index is 0.490. The summed E-state index contributed by atoms with van der Waals surface area (Å²) in [4.78, 5) is 6.28. The molecule has 89 valence electrons. The number of fused-ring (bicyclic) bond motifs is 1. The van der Waals surface area contributed by atoms with E-state index in [0.29, 0.717) is 5.82 Å². The lowest BCUT2D eigenvalue weighted by Gasteiger charge is -2.26. The van der Waals surface area contributed by atoms with Crippen LogP contribution < -0.4 is 5.73 Å². The third-order valence-corrected chi connectivity index (χ3v) is 2.96. The highest BCUT2D eigenvalue weighted by Gasteiger charge is 2.14. The molecular weight excluding hydrogens is 218 g/mol. The molecule has 0 aromatic carbocycles. The summed E-state index contributed by atoms with van der Waals surface area (Å²) in [5.74, 6) is 0.490. The van der Waals surface area contributed by atoms with E-state index in [0.717, 1.165) is 44.1 Å². The molecule has 1 aliphatic rings. The maximum absolute atomic E-state index is 5.78. The normalized spacial score (nSPS) is 17.6. The second kappa shape index (κ2) is 4.31. The van der Waals surface area contributed by atoms with E-state index in [9.17, 15) is 0 Å². The molecule has 3 rings (SSSR count). The van der Waals surface area contributed by atoms with Crippen molar-refractivity contribution in [3.63, 3.8) is 0 Å². The Morgan fingerprint density at radius 1 is 1.41 bits per heavy atom. The fourth-order valence-corrected chi connectivity index (χ4v) is 2.02. The van der Waals surface area contributed by atoms with Crippen LogP contribution in [0.25, 0.3) is 5.52 Å². The Bertz CT molecular complexity index is 518. The number of hydrogen-bond acceptors (Lipinski definition) is 5. The molecule has 0 aliphatic carbocycles. The fourth-order valence-electron chi connectivity index (χ4n) is 2.02. The van der Waals surface area contributed by atoms with E-state index in [-0.39, 0.29) is 0 Å². The summed E-state index contributed by atoms with van der Waals surface area (Å²) < 4.78 is 7.12. The molecular formula is C11H14N5O. The second-order valence-electron chi connectivity index (χ2n) is 4.07. The lowest BCUT2D eigenvalue weighted by atomic mass is 10.3. The lowest BCUT2D eigenvalue weighted by Crippen LogP contribution is -2.36. The summed E-state index contributed by atoms with van der Waals surface area (Å²) in [6.45, 7) is 4.29. The third kappa shape index (κ3) is 1.96. The van der Waals surface area contributed by atoms with Crippen LogP contribution in [-0.4, -0.2) is 45.8 Å². The van der Waals surface area contributed by atoms with Crippen molar-refractivity contribution in [2.45, 2.75) is 6.54 Å².